The van der Waals surface area contributed by atoms with E-state index in [0.717, 1.165) is 44.2 Å². The van der Waals surface area contributed by atoms with Crippen LogP contribution in [0.3, 0.4) is 0 Å². The molecule has 1 unspecified atom stereocenters. The van der Waals surface area contributed by atoms with Gasteiger partial charge in [-0.2, -0.15) is 0 Å². The molecule has 3 nitrogen and oxygen atoms in total. The number of amides is 1. The molecule has 0 bridgehead atoms. The maximum absolute atomic E-state index is 13.6. The van der Waals surface area contributed by atoms with Gasteiger partial charge in [0.15, 0.2) is 0 Å². The Hall–Kier alpha value is -2.57. The van der Waals surface area contributed by atoms with Gasteiger partial charge in [0.2, 0.25) is 0 Å². The maximum Gasteiger partial charge on any atom is 0.268 e. The largest absolute Gasteiger partial charge is 0.305 e. The highest BCUT2D eigenvalue weighted by molar-refractivity contribution is 7.26. The molecule has 0 spiro atoms. The van der Waals surface area contributed by atoms with Crippen LogP contribution in [-0.2, 0) is 6.42 Å². The van der Waals surface area contributed by atoms with Crippen LogP contribution in [-0.4, -0.2) is 16.9 Å². The predicted octanol–water partition coefficient (Wildman–Crippen LogP) is 6.15. The quantitative estimate of drug-likeness (QED) is 0.399. The molecule has 140 valence electrons. The van der Waals surface area contributed by atoms with Crippen molar-refractivity contribution in [2.45, 2.75) is 25.8 Å². The number of aromatic nitrogens is 1. The van der Waals surface area contributed by atoms with Crippen LogP contribution in [0, 0.1) is 5.82 Å². The number of thiophene rings is 1. The van der Waals surface area contributed by atoms with Crippen molar-refractivity contribution in [1.82, 2.24) is 4.98 Å². The van der Waals surface area contributed by atoms with E-state index < -0.39 is 0 Å². The van der Waals surface area contributed by atoms with Crippen LogP contribution in [0.4, 0.5) is 10.1 Å². The highest BCUT2D eigenvalue weighted by atomic mass is 32.1. The molecule has 1 aliphatic heterocycles. The molecule has 5 rings (SSSR count). The SMILES string of the molecule is CC1CCc2cc(F)ccc2N1C(=O)c1ccc(-c2nc3ccccc3s2)s1. The summed E-state index contributed by atoms with van der Waals surface area (Å²) in [5.41, 5.74) is 2.69. The van der Waals surface area contributed by atoms with Crippen LogP contribution in [0.5, 0.6) is 0 Å². The number of carbonyl (C=O) groups excluding carboxylic acids is 1. The molecule has 0 N–H and O–H groups in total. The second kappa shape index (κ2) is 6.79. The summed E-state index contributed by atoms with van der Waals surface area (Å²) in [4.78, 5) is 21.5. The average molecular weight is 409 g/mol. The second-order valence-electron chi connectivity index (χ2n) is 6.99. The zero-order valence-electron chi connectivity index (χ0n) is 15.2. The van der Waals surface area contributed by atoms with Gasteiger partial charge in [0.25, 0.3) is 5.91 Å². The summed E-state index contributed by atoms with van der Waals surface area (Å²) in [7, 11) is 0. The highest BCUT2D eigenvalue weighted by Gasteiger charge is 2.30. The molecule has 1 amide bonds. The summed E-state index contributed by atoms with van der Waals surface area (Å²) in [6.07, 6.45) is 1.62. The van der Waals surface area contributed by atoms with E-state index in [1.54, 1.807) is 23.5 Å². The third kappa shape index (κ3) is 2.93. The summed E-state index contributed by atoms with van der Waals surface area (Å²) in [6.45, 7) is 2.05. The highest BCUT2D eigenvalue weighted by Crippen LogP contribution is 2.37. The molecule has 1 atom stereocenters. The van der Waals surface area contributed by atoms with E-state index in [0.29, 0.717) is 4.88 Å². The van der Waals surface area contributed by atoms with Gasteiger partial charge in [-0.3, -0.25) is 4.79 Å². The van der Waals surface area contributed by atoms with E-state index in [9.17, 15) is 9.18 Å². The van der Waals surface area contributed by atoms with Gasteiger partial charge in [-0.05, 0) is 67.8 Å². The first-order valence-corrected chi connectivity index (χ1v) is 10.8. The zero-order valence-corrected chi connectivity index (χ0v) is 16.8. The zero-order chi connectivity index (χ0) is 19.3. The molecule has 0 saturated carbocycles. The number of nitrogens with zero attached hydrogens (tertiary/aromatic N) is 2. The first-order chi connectivity index (χ1) is 13.6. The number of anilines is 1. The lowest BCUT2D eigenvalue weighted by atomic mass is 9.96. The van der Waals surface area contributed by atoms with Crippen LogP contribution < -0.4 is 4.90 Å². The predicted molar refractivity (Wildman–Crippen MR) is 114 cm³/mol. The summed E-state index contributed by atoms with van der Waals surface area (Å²) in [5, 5.41) is 0.930. The van der Waals surface area contributed by atoms with Gasteiger partial charge in [0, 0.05) is 11.7 Å². The third-order valence-corrected chi connectivity index (χ3v) is 7.39. The molecular formula is C22H17FN2OS2. The van der Waals surface area contributed by atoms with Gasteiger partial charge in [-0.25, -0.2) is 9.37 Å². The van der Waals surface area contributed by atoms with E-state index in [1.165, 1.54) is 17.4 Å². The van der Waals surface area contributed by atoms with Crippen LogP contribution in [0.1, 0.15) is 28.6 Å². The lowest BCUT2D eigenvalue weighted by Gasteiger charge is -2.35. The maximum atomic E-state index is 13.6. The van der Waals surface area contributed by atoms with E-state index in [2.05, 4.69) is 6.07 Å². The fourth-order valence-electron chi connectivity index (χ4n) is 3.69. The van der Waals surface area contributed by atoms with Gasteiger partial charge in [0.1, 0.15) is 10.8 Å². The molecule has 2 aromatic carbocycles. The number of benzene rings is 2. The van der Waals surface area contributed by atoms with E-state index >= 15 is 0 Å². The van der Waals surface area contributed by atoms with Crippen molar-refractivity contribution in [2.24, 2.45) is 0 Å². The Balaban J connectivity index is 1.50. The number of aryl methyl sites for hydroxylation is 1. The smallest absolute Gasteiger partial charge is 0.268 e. The minimum Gasteiger partial charge on any atom is -0.305 e. The van der Waals surface area contributed by atoms with Crippen molar-refractivity contribution < 1.29 is 9.18 Å². The monoisotopic (exact) mass is 408 g/mol. The number of hydrogen-bond donors (Lipinski definition) is 0. The van der Waals surface area contributed by atoms with Crippen molar-refractivity contribution in [3.05, 3.63) is 70.9 Å². The van der Waals surface area contributed by atoms with Crippen molar-refractivity contribution in [2.75, 3.05) is 4.90 Å². The number of para-hydroxylation sites is 1. The first kappa shape index (κ1) is 17.5. The Bertz CT molecular complexity index is 1160. The van der Waals surface area contributed by atoms with Crippen LogP contribution in [0.2, 0.25) is 0 Å². The lowest BCUT2D eigenvalue weighted by molar-refractivity contribution is 0.0979. The number of hydrogen-bond acceptors (Lipinski definition) is 4. The number of halogens is 1. The fourth-order valence-corrected chi connectivity index (χ4v) is 5.66. The topological polar surface area (TPSA) is 33.2 Å². The van der Waals surface area contributed by atoms with Crippen molar-refractivity contribution in [3.8, 4) is 9.88 Å². The summed E-state index contributed by atoms with van der Waals surface area (Å²) in [6, 6.07) is 16.7. The van der Waals surface area contributed by atoms with Gasteiger partial charge >= 0.3 is 0 Å². The first-order valence-electron chi connectivity index (χ1n) is 9.18. The molecule has 3 heterocycles. The molecule has 28 heavy (non-hydrogen) atoms. The summed E-state index contributed by atoms with van der Waals surface area (Å²) in [5.74, 6) is -0.285. The number of carbonyl (C=O) groups is 1. The lowest BCUT2D eigenvalue weighted by Crippen LogP contribution is -2.41. The minimum absolute atomic E-state index is 0.0302. The van der Waals surface area contributed by atoms with Crippen LogP contribution >= 0.6 is 22.7 Å². The molecule has 0 saturated heterocycles. The Kier molecular flexibility index (Phi) is 4.25. The number of rotatable bonds is 2. The van der Waals surface area contributed by atoms with Gasteiger partial charge in [-0.1, -0.05) is 12.1 Å². The molecule has 0 aliphatic carbocycles. The van der Waals surface area contributed by atoms with Gasteiger partial charge in [0.05, 0.1) is 20.0 Å². The number of thiazole rings is 1. The van der Waals surface area contributed by atoms with Crippen molar-refractivity contribution in [3.63, 3.8) is 0 Å². The second-order valence-corrected chi connectivity index (χ2v) is 9.10. The molecule has 2 aromatic heterocycles. The molecule has 0 radical (unpaired) electrons. The molecule has 1 aliphatic rings. The molecule has 0 fully saturated rings. The van der Waals surface area contributed by atoms with Crippen molar-refractivity contribution in [1.29, 1.82) is 0 Å². The van der Waals surface area contributed by atoms with Gasteiger partial charge < -0.3 is 4.90 Å². The Morgan fingerprint density at radius 3 is 2.86 bits per heavy atom. The molecular weight excluding hydrogens is 391 g/mol. The Morgan fingerprint density at radius 1 is 1.14 bits per heavy atom. The third-order valence-electron chi connectivity index (χ3n) is 5.11. The van der Waals surface area contributed by atoms with E-state index in [4.69, 9.17) is 4.98 Å². The fraction of sp³-hybridized carbons (Fsp3) is 0.182. The van der Waals surface area contributed by atoms with E-state index in [-0.39, 0.29) is 17.8 Å². The number of fused-ring (bicyclic) bond motifs is 2. The standard InChI is InChI=1S/C22H17FN2OS2/c1-13-6-7-14-12-15(23)8-9-17(14)25(13)22(26)20-11-10-19(27-20)21-24-16-4-2-3-5-18(16)28-21/h2-5,8-13H,6-7H2,1H3. The van der Waals surface area contributed by atoms with Crippen LogP contribution in [0.15, 0.2) is 54.6 Å². The van der Waals surface area contributed by atoms with Crippen molar-refractivity contribution >= 4 is 44.5 Å². The average Bonchev–Trinajstić information content (AvgIpc) is 3.34. The Morgan fingerprint density at radius 2 is 2.00 bits per heavy atom. The normalized spacial score (nSPS) is 16.4. The van der Waals surface area contributed by atoms with Crippen LogP contribution in [0.25, 0.3) is 20.1 Å². The molecule has 4 aromatic rings. The molecule has 6 heteroatoms. The minimum atomic E-state index is -0.255. The summed E-state index contributed by atoms with van der Waals surface area (Å²) < 4.78 is 14.8. The van der Waals surface area contributed by atoms with E-state index in [1.807, 2.05) is 42.2 Å². The Labute approximate surface area is 170 Å². The summed E-state index contributed by atoms with van der Waals surface area (Å²) >= 11 is 3.10. The van der Waals surface area contributed by atoms with Gasteiger partial charge in [-0.15, -0.1) is 22.7 Å².